The fraction of sp³-hybridized carbons (Fsp3) is 0.524. The molecule has 1 N–H and O–H groups in total. The second kappa shape index (κ2) is 9.01. The quantitative estimate of drug-likeness (QED) is 0.778. The zero-order chi connectivity index (χ0) is 21.1. The van der Waals surface area contributed by atoms with Gasteiger partial charge < -0.3 is 19.9 Å². The third-order valence-corrected chi connectivity index (χ3v) is 6.15. The maximum Gasteiger partial charge on any atom is 0.319 e. The molecule has 0 amide bonds. The van der Waals surface area contributed by atoms with Gasteiger partial charge >= 0.3 is 6.01 Å². The van der Waals surface area contributed by atoms with Gasteiger partial charge in [0.25, 0.3) is 0 Å². The molecule has 0 aliphatic carbocycles. The number of nitrogens with zero attached hydrogens (tertiary/aromatic N) is 6. The number of nitrogens with one attached hydrogen (secondary N) is 1. The van der Waals surface area contributed by atoms with Crippen molar-refractivity contribution in [1.82, 2.24) is 20.2 Å². The van der Waals surface area contributed by atoms with Gasteiger partial charge in [0.1, 0.15) is 18.5 Å². The van der Waals surface area contributed by atoms with Crippen molar-refractivity contribution in [2.24, 2.45) is 0 Å². The second-order valence-electron chi connectivity index (χ2n) is 7.84. The summed E-state index contributed by atoms with van der Waals surface area (Å²) in [4.78, 5) is 13.7. The highest BCUT2D eigenvalue weighted by Crippen LogP contribution is 2.31. The lowest BCUT2D eigenvalue weighted by Crippen LogP contribution is -2.51. The molecule has 2 saturated heterocycles. The first kappa shape index (κ1) is 20.6. The van der Waals surface area contributed by atoms with E-state index >= 15 is 0 Å². The number of aromatic nitrogens is 2. The number of anilines is 1. The van der Waals surface area contributed by atoms with Crippen LogP contribution in [0.1, 0.15) is 24.8 Å². The number of hydrogen-bond acceptors (Lipinski definition) is 8. The SMILES string of the molecule is CN1CCCC1COc1nc(N2CCNC(CC#N)C2)c2cc(C#N)c(Cl)cc2n1. The molecule has 1 aromatic heterocycles. The van der Waals surface area contributed by atoms with Crippen molar-refractivity contribution in [3.8, 4) is 18.1 Å². The van der Waals surface area contributed by atoms with Gasteiger partial charge in [-0.25, -0.2) is 0 Å². The van der Waals surface area contributed by atoms with Gasteiger partial charge in [0, 0.05) is 37.1 Å². The molecular formula is C21H24ClN7O. The van der Waals surface area contributed by atoms with Crippen LogP contribution in [0.5, 0.6) is 6.01 Å². The van der Waals surface area contributed by atoms with Crippen LogP contribution in [0.3, 0.4) is 0 Å². The fourth-order valence-electron chi connectivity index (χ4n) is 4.13. The van der Waals surface area contributed by atoms with Gasteiger partial charge in [0.15, 0.2) is 0 Å². The zero-order valence-corrected chi connectivity index (χ0v) is 17.7. The number of ether oxygens (including phenoxy) is 1. The van der Waals surface area contributed by atoms with Gasteiger partial charge in [0.05, 0.1) is 28.6 Å². The number of piperazine rings is 1. The number of hydrogen-bond donors (Lipinski definition) is 1. The van der Waals surface area contributed by atoms with Gasteiger partial charge in [-0.3, -0.25) is 0 Å². The summed E-state index contributed by atoms with van der Waals surface area (Å²) in [6.45, 7) is 3.74. The standard InChI is InChI=1S/C21H24ClN7O/c1-28-7-2-3-16(28)13-30-21-26-19-10-18(22)14(11-24)9-17(19)20(27-21)29-8-6-25-15(12-29)4-5-23/h9-10,15-16,25H,2-4,6-8,12-13H2,1H3. The highest BCUT2D eigenvalue weighted by Gasteiger charge is 2.25. The third kappa shape index (κ3) is 4.27. The molecule has 1 aromatic carbocycles. The largest absolute Gasteiger partial charge is 0.462 e. The Balaban J connectivity index is 1.69. The number of likely N-dealkylation sites (N-methyl/N-ethyl adjacent to an activating group) is 1. The molecule has 2 atom stereocenters. The van der Waals surface area contributed by atoms with Crippen LogP contribution in [-0.4, -0.2) is 66.8 Å². The molecule has 2 unspecified atom stereocenters. The van der Waals surface area contributed by atoms with E-state index in [1.165, 1.54) is 6.42 Å². The predicted octanol–water partition coefficient (Wildman–Crippen LogP) is 2.32. The fourth-order valence-corrected chi connectivity index (χ4v) is 4.33. The van der Waals surface area contributed by atoms with Crippen LogP contribution in [-0.2, 0) is 0 Å². The van der Waals surface area contributed by atoms with Gasteiger partial charge in [-0.1, -0.05) is 11.6 Å². The van der Waals surface area contributed by atoms with Crippen LogP contribution in [0.4, 0.5) is 5.82 Å². The summed E-state index contributed by atoms with van der Waals surface area (Å²) in [5.41, 5.74) is 1.04. The Morgan fingerprint density at radius 1 is 1.30 bits per heavy atom. The molecule has 2 aliphatic heterocycles. The molecule has 9 heteroatoms. The zero-order valence-electron chi connectivity index (χ0n) is 16.9. The Labute approximate surface area is 181 Å². The summed E-state index contributed by atoms with van der Waals surface area (Å²) in [5, 5.41) is 23.0. The van der Waals surface area contributed by atoms with Crippen LogP contribution >= 0.6 is 11.6 Å². The monoisotopic (exact) mass is 425 g/mol. The topological polar surface area (TPSA) is 101 Å². The number of benzene rings is 1. The van der Waals surface area contributed by atoms with E-state index in [9.17, 15) is 5.26 Å². The predicted molar refractivity (Wildman–Crippen MR) is 115 cm³/mol. The molecule has 0 bridgehead atoms. The first-order valence-electron chi connectivity index (χ1n) is 10.2. The average molecular weight is 426 g/mol. The first-order valence-corrected chi connectivity index (χ1v) is 10.6. The molecule has 2 aromatic rings. The van der Waals surface area contributed by atoms with Gasteiger partial charge in [-0.05, 0) is 38.6 Å². The molecule has 0 saturated carbocycles. The van der Waals surface area contributed by atoms with E-state index in [2.05, 4.69) is 39.3 Å². The average Bonchev–Trinajstić information content (AvgIpc) is 3.16. The third-order valence-electron chi connectivity index (χ3n) is 5.83. The van der Waals surface area contributed by atoms with Crippen molar-refractivity contribution in [2.75, 3.05) is 44.7 Å². The Hall–Kier alpha value is -2.65. The van der Waals surface area contributed by atoms with Crippen LogP contribution in [0.15, 0.2) is 12.1 Å². The van der Waals surface area contributed by atoms with E-state index in [1.54, 1.807) is 12.1 Å². The van der Waals surface area contributed by atoms with Gasteiger partial charge in [-0.15, -0.1) is 0 Å². The normalized spacial score (nSPS) is 22.1. The van der Waals surface area contributed by atoms with Crippen molar-refractivity contribution in [1.29, 1.82) is 10.5 Å². The maximum atomic E-state index is 9.41. The van der Waals surface area contributed by atoms with Gasteiger partial charge in [0.2, 0.25) is 0 Å². The Morgan fingerprint density at radius 3 is 2.90 bits per heavy atom. The second-order valence-corrected chi connectivity index (χ2v) is 8.24. The molecular weight excluding hydrogens is 402 g/mol. The molecule has 8 nitrogen and oxygen atoms in total. The molecule has 0 radical (unpaired) electrons. The van der Waals surface area contributed by atoms with Crippen molar-refractivity contribution in [3.05, 3.63) is 22.7 Å². The molecule has 156 valence electrons. The highest BCUT2D eigenvalue weighted by molar-refractivity contribution is 6.32. The van der Waals surface area contributed by atoms with Crippen molar-refractivity contribution >= 4 is 28.3 Å². The van der Waals surface area contributed by atoms with Crippen molar-refractivity contribution < 1.29 is 4.74 Å². The lowest BCUT2D eigenvalue weighted by atomic mass is 10.1. The van der Waals surface area contributed by atoms with E-state index in [0.717, 1.165) is 31.4 Å². The molecule has 30 heavy (non-hydrogen) atoms. The Kier molecular flexibility index (Phi) is 6.19. The first-order chi connectivity index (χ1) is 14.6. The summed E-state index contributed by atoms with van der Waals surface area (Å²) in [7, 11) is 2.10. The van der Waals surface area contributed by atoms with E-state index < -0.39 is 0 Å². The summed E-state index contributed by atoms with van der Waals surface area (Å²) in [6, 6.07) is 8.53. The molecule has 2 fully saturated rings. The number of rotatable bonds is 5. The molecule has 4 rings (SSSR count). The van der Waals surface area contributed by atoms with Crippen LogP contribution in [0, 0.1) is 22.7 Å². The maximum absolute atomic E-state index is 9.41. The summed E-state index contributed by atoms with van der Waals surface area (Å²) >= 11 is 6.27. The van der Waals surface area contributed by atoms with Crippen LogP contribution in [0.25, 0.3) is 10.9 Å². The smallest absolute Gasteiger partial charge is 0.319 e. The van der Waals surface area contributed by atoms with Crippen molar-refractivity contribution in [3.63, 3.8) is 0 Å². The summed E-state index contributed by atoms with van der Waals surface area (Å²) in [6.07, 6.45) is 2.69. The van der Waals surface area contributed by atoms with E-state index in [1.807, 2.05) is 0 Å². The van der Waals surface area contributed by atoms with Gasteiger partial charge in [-0.2, -0.15) is 20.5 Å². The highest BCUT2D eigenvalue weighted by atomic mass is 35.5. The lowest BCUT2D eigenvalue weighted by molar-refractivity contribution is 0.188. The Morgan fingerprint density at radius 2 is 2.17 bits per heavy atom. The molecule has 0 spiro atoms. The van der Waals surface area contributed by atoms with Crippen molar-refractivity contribution in [2.45, 2.75) is 31.3 Å². The number of halogens is 1. The lowest BCUT2D eigenvalue weighted by Gasteiger charge is -2.34. The number of nitriles is 2. The minimum absolute atomic E-state index is 0.0630. The molecule has 3 heterocycles. The Bertz CT molecular complexity index is 1020. The van der Waals surface area contributed by atoms with E-state index in [4.69, 9.17) is 26.6 Å². The summed E-state index contributed by atoms with van der Waals surface area (Å²) in [5.74, 6) is 0.715. The minimum atomic E-state index is 0.0630. The van der Waals surface area contributed by atoms with Crippen LogP contribution < -0.4 is 15.0 Å². The van der Waals surface area contributed by atoms with E-state index in [-0.39, 0.29) is 6.04 Å². The van der Waals surface area contributed by atoms with Crippen LogP contribution in [0.2, 0.25) is 5.02 Å². The van der Waals surface area contributed by atoms with E-state index in [0.29, 0.717) is 53.5 Å². The minimum Gasteiger partial charge on any atom is -0.462 e. The molecule has 2 aliphatic rings. The number of likely N-dealkylation sites (tertiary alicyclic amines) is 1. The number of fused-ring (bicyclic) bond motifs is 1. The summed E-state index contributed by atoms with van der Waals surface area (Å²) < 4.78 is 6.00.